The molecule has 0 aliphatic rings. The molecule has 0 aromatic heterocycles. The van der Waals surface area contributed by atoms with Gasteiger partial charge in [0.05, 0.1) is 18.6 Å². The number of aliphatic carboxylic acids is 1. The SMILES string of the molecule is CC(N)(CO)c1cccc(-c2cccc(COc3ccccc3CC(=O)O)c2)c1. The Labute approximate surface area is 170 Å². The molecule has 0 aliphatic heterocycles. The lowest BCUT2D eigenvalue weighted by molar-refractivity contribution is -0.136. The maximum absolute atomic E-state index is 11.0. The Bertz CT molecular complexity index is 997. The highest BCUT2D eigenvalue weighted by atomic mass is 16.5. The normalized spacial score (nSPS) is 12.9. The summed E-state index contributed by atoms with van der Waals surface area (Å²) in [5, 5.41) is 18.6. The molecular formula is C24H25NO4. The molecule has 4 N–H and O–H groups in total. The third-order valence-electron chi connectivity index (χ3n) is 4.82. The van der Waals surface area contributed by atoms with E-state index in [2.05, 4.69) is 0 Å². The summed E-state index contributed by atoms with van der Waals surface area (Å²) in [7, 11) is 0. The molecule has 150 valence electrons. The summed E-state index contributed by atoms with van der Waals surface area (Å²) in [5.74, 6) is -0.318. The smallest absolute Gasteiger partial charge is 0.307 e. The highest BCUT2D eigenvalue weighted by Crippen LogP contribution is 2.26. The quantitative estimate of drug-likeness (QED) is 0.544. The van der Waals surface area contributed by atoms with Crippen molar-refractivity contribution in [2.45, 2.75) is 25.5 Å². The van der Waals surface area contributed by atoms with Crippen molar-refractivity contribution in [1.29, 1.82) is 0 Å². The highest BCUT2D eigenvalue weighted by Gasteiger charge is 2.20. The Morgan fingerprint density at radius 3 is 2.41 bits per heavy atom. The molecule has 0 saturated heterocycles. The van der Waals surface area contributed by atoms with E-state index < -0.39 is 11.5 Å². The lowest BCUT2D eigenvalue weighted by Gasteiger charge is -2.23. The number of hydrogen-bond donors (Lipinski definition) is 3. The Balaban J connectivity index is 1.80. The zero-order valence-corrected chi connectivity index (χ0v) is 16.3. The van der Waals surface area contributed by atoms with Crippen molar-refractivity contribution in [3.8, 4) is 16.9 Å². The second-order valence-corrected chi connectivity index (χ2v) is 7.32. The summed E-state index contributed by atoms with van der Waals surface area (Å²) in [6, 6.07) is 23.0. The van der Waals surface area contributed by atoms with Crippen LogP contribution in [-0.4, -0.2) is 22.8 Å². The lowest BCUT2D eigenvalue weighted by Crippen LogP contribution is -2.36. The van der Waals surface area contributed by atoms with Gasteiger partial charge in [0, 0.05) is 5.56 Å². The van der Waals surface area contributed by atoms with Gasteiger partial charge in [-0.3, -0.25) is 4.79 Å². The molecule has 0 fully saturated rings. The number of ether oxygens (including phenoxy) is 1. The molecule has 0 spiro atoms. The predicted octanol–water partition coefficient (Wildman–Crippen LogP) is 3.73. The van der Waals surface area contributed by atoms with Gasteiger partial charge in [-0.1, -0.05) is 54.6 Å². The number of para-hydroxylation sites is 1. The van der Waals surface area contributed by atoms with Crippen LogP contribution in [0.25, 0.3) is 11.1 Å². The van der Waals surface area contributed by atoms with Crippen molar-refractivity contribution in [2.24, 2.45) is 5.73 Å². The molecule has 0 saturated carbocycles. The van der Waals surface area contributed by atoms with E-state index in [1.807, 2.05) is 54.6 Å². The van der Waals surface area contributed by atoms with Gasteiger partial charge < -0.3 is 20.7 Å². The summed E-state index contributed by atoms with van der Waals surface area (Å²) >= 11 is 0. The van der Waals surface area contributed by atoms with Crippen LogP contribution in [0.2, 0.25) is 0 Å². The van der Waals surface area contributed by atoms with Crippen molar-refractivity contribution in [3.63, 3.8) is 0 Å². The van der Waals surface area contributed by atoms with Gasteiger partial charge in [-0.05, 0) is 47.4 Å². The molecule has 3 aromatic carbocycles. The first-order chi connectivity index (χ1) is 13.9. The van der Waals surface area contributed by atoms with Crippen LogP contribution in [0.4, 0.5) is 0 Å². The van der Waals surface area contributed by atoms with E-state index in [4.69, 9.17) is 15.6 Å². The first-order valence-corrected chi connectivity index (χ1v) is 9.41. The summed E-state index contributed by atoms with van der Waals surface area (Å²) in [6.45, 7) is 1.99. The van der Waals surface area contributed by atoms with Crippen molar-refractivity contribution >= 4 is 5.97 Å². The molecule has 29 heavy (non-hydrogen) atoms. The number of aliphatic hydroxyl groups is 1. The average molecular weight is 391 g/mol. The molecule has 0 heterocycles. The minimum absolute atomic E-state index is 0.0777. The van der Waals surface area contributed by atoms with Gasteiger partial charge in [0.1, 0.15) is 12.4 Å². The van der Waals surface area contributed by atoms with Crippen LogP contribution in [0, 0.1) is 0 Å². The zero-order valence-electron chi connectivity index (χ0n) is 16.3. The second kappa shape index (κ2) is 8.90. The van der Waals surface area contributed by atoms with Crippen molar-refractivity contribution in [2.75, 3.05) is 6.61 Å². The average Bonchev–Trinajstić information content (AvgIpc) is 2.73. The number of rotatable bonds is 8. The van der Waals surface area contributed by atoms with Crippen LogP contribution < -0.4 is 10.5 Å². The molecule has 5 nitrogen and oxygen atoms in total. The van der Waals surface area contributed by atoms with E-state index in [1.54, 1.807) is 25.1 Å². The number of aliphatic hydroxyl groups excluding tert-OH is 1. The number of carboxylic acid groups (broad SMARTS) is 1. The number of carboxylic acids is 1. The Morgan fingerprint density at radius 1 is 1.00 bits per heavy atom. The fraction of sp³-hybridized carbons (Fsp3) is 0.208. The van der Waals surface area contributed by atoms with E-state index in [0.717, 1.165) is 22.3 Å². The molecule has 3 aromatic rings. The monoisotopic (exact) mass is 391 g/mol. The summed E-state index contributed by atoms with van der Waals surface area (Å²) in [4.78, 5) is 11.0. The van der Waals surface area contributed by atoms with Gasteiger partial charge in [-0.2, -0.15) is 0 Å². The van der Waals surface area contributed by atoms with Crippen LogP contribution >= 0.6 is 0 Å². The number of carbonyl (C=O) groups is 1. The molecule has 1 atom stereocenters. The van der Waals surface area contributed by atoms with Crippen LogP contribution in [-0.2, 0) is 23.4 Å². The minimum Gasteiger partial charge on any atom is -0.489 e. The predicted molar refractivity (Wildman–Crippen MR) is 113 cm³/mol. The summed E-state index contributed by atoms with van der Waals surface area (Å²) in [5.41, 5.74) is 9.86. The van der Waals surface area contributed by atoms with Crippen LogP contribution in [0.3, 0.4) is 0 Å². The van der Waals surface area contributed by atoms with Gasteiger partial charge in [0.2, 0.25) is 0 Å². The van der Waals surface area contributed by atoms with Crippen molar-refractivity contribution < 1.29 is 19.7 Å². The molecule has 3 rings (SSSR count). The van der Waals surface area contributed by atoms with Crippen LogP contribution in [0.5, 0.6) is 5.75 Å². The number of benzene rings is 3. The summed E-state index contributed by atoms with van der Waals surface area (Å²) in [6.07, 6.45) is -0.0777. The van der Waals surface area contributed by atoms with Crippen molar-refractivity contribution in [3.05, 3.63) is 89.5 Å². The highest BCUT2D eigenvalue weighted by molar-refractivity contribution is 5.71. The third kappa shape index (κ3) is 5.22. The van der Waals surface area contributed by atoms with E-state index in [-0.39, 0.29) is 13.0 Å². The molecule has 0 amide bonds. The first-order valence-electron chi connectivity index (χ1n) is 9.41. The van der Waals surface area contributed by atoms with E-state index in [0.29, 0.717) is 17.9 Å². The van der Waals surface area contributed by atoms with Gasteiger partial charge in [-0.15, -0.1) is 0 Å². The first kappa shape index (κ1) is 20.6. The maximum Gasteiger partial charge on any atom is 0.307 e. The van der Waals surface area contributed by atoms with Gasteiger partial charge in [-0.25, -0.2) is 0 Å². The molecule has 0 aliphatic carbocycles. The third-order valence-corrected chi connectivity index (χ3v) is 4.82. The largest absolute Gasteiger partial charge is 0.489 e. The van der Waals surface area contributed by atoms with Crippen LogP contribution in [0.15, 0.2) is 72.8 Å². The van der Waals surface area contributed by atoms with E-state index in [9.17, 15) is 9.90 Å². The minimum atomic E-state index is -0.891. The summed E-state index contributed by atoms with van der Waals surface area (Å²) < 4.78 is 5.89. The topological polar surface area (TPSA) is 92.8 Å². The van der Waals surface area contributed by atoms with E-state index >= 15 is 0 Å². The fourth-order valence-corrected chi connectivity index (χ4v) is 3.10. The maximum atomic E-state index is 11.0. The second-order valence-electron chi connectivity index (χ2n) is 7.32. The van der Waals surface area contributed by atoms with Gasteiger partial charge in [0.15, 0.2) is 0 Å². The fourth-order valence-electron chi connectivity index (χ4n) is 3.10. The zero-order chi connectivity index (χ0) is 20.9. The molecule has 0 radical (unpaired) electrons. The van der Waals surface area contributed by atoms with Gasteiger partial charge in [0.25, 0.3) is 0 Å². The van der Waals surface area contributed by atoms with Crippen LogP contribution in [0.1, 0.15) is 23.6 Å². The molecular weight excluding hydrogens is 366 g/mol. The number of hydrogen-bond acceptors (Lipinski definition) is 4. The number of nitrogens with two attached hydrogens (primary N) is 1. The Morgan fingerprint density at radius 2 is 1.69 bits per heavy atom. The standard InChI is InChI=1S/C24H25NO4/c1-24(25,16-26)21-10-5-9-19(13-21)18-8-4-6-17(12-18)15-29-22-11-3-2-7-20(22)14-23(27)28/h2-13,26H,14-16,25H2,1H3,(H,27,28). The Hall–Kier alpha value is -3.15. The Kier molecular flexibility index (Phi) is 6.32. The molecule has 0 bridgehead atoms. The van der Waals surface area contributed by atoms with Crippen molar-refractivity contribution in [1.82, 2.24) is 0 Å². The molecule has 1 unspecified atom stereocenters. The molecule has 5 heteroatoms. The van der Waals surface area contributed by atoms with E-state index in [1.165, 1.54) is 0 Å². The lowest BCUT2D eigenvalue weighted by atomic mass is 9.91. The van der Waals surface area contributed by atoms with Gasteiger partial charge >= 0.3 is 5.97 Å².